The molecule has 25 heavy (non-hydrogen) atoms. The van der Waals surface area contributed by atoms with Crippen LogP contribution in [-0.4, -0.2) is 40.2 Å². The van der Waals surface area contributed by atoms with Crippen molar-refractivity contribution in [3.8, 4) is 11.3 Å². The molecular weight excluding hydrogens is 346 g/mol. The standard InChI is InChI=1S/C16H21N5O3.ClH/c1-3-8-17-9-10-18-16(22)14-11-20(2)19-15(14)12-4-6-13(7-5-12)21(23)24;/h4-7,11,17H,3,8-10H2,1-2H3,(H,18,22);1H. The van der Waals surface area contributed by atoms with Crippen LogP contribution in [0, 0.1) is 10.1 Å². The summed E-state index contributed by atoms with van der Waals surface area (Å²) in [5.74, 6) is -0.213. The van der Waals surface area contributed by atoms with Crippen LogP contribution in [0.4, 0.5) is 5.69 Å². The lowest BCUT2D eigenvalue weighted by atomic mass is 10.1. The predicted octanol–water partition coefficient (Wildman–Crippen LogP) is 2.15. The lowest BCUT2D eigenvalue weighted by molar-refractivity contribution is -0.384. The molecule has 1 aromatic heterocycles. The van der Waals surface area contributed by atoms with E-state index in [0.29, 0.717) is 29.9 Å². The minimum absolute atomic E-state index is 0. The van der Waals surface area contributed by atoms with E-state index in [1.54, 1.807) is 30.1 Å². The Bertz CT molecular complexity index is 715. The van der Waals surface area contributed by atoms with E-state index in [1.165, 1.54) is 12.1 Å². The van der Waals surface area contributed by atoms with Gasteiger partial charge in [-0.15, -0.1) is 12.4 Å². The lowest BCUT2D eigenvalue weighted by Gasteiger charge is -2.06. The van der Waals surface area contributed by atoms with Crippen molar-refractivity contribution >= 4 is 24.0 Å². The van der Waals surface area contributed by atoms with Crippen molar-refractivity contribution in [2.45, 2.75) is 13.3 Å². The van der Waals surface area contributed by atoms with Crippen LogP contribution in [0.1, 0.15) is 23.7 Å². The van der Waals surface area contributed by atoms with Gasteiger partial charge in [-0.1, -0.05) is 6.92 Å². The molecule has 8 nitrogen and oxygen atoms in total. The summed E-state index contributed by atoms with van der Waals surface area (Å²) in [5, 5.41) is 21.1. The van der Waals surface area contributed by atoms with Gasteiger partial charge < -0.3 is 10.6 Å². The predicted molar refractivity (Wildman–Crippen MR) is 98.0 cm³/mol. The van der Waals surface area contributed by atoms with E-state index < -0.39 is 4.92 Å². The van der Waals surface area contributed by atoms with Gasteiger partial charge in [0, 0.05) is 44.0 Å². The highest BCUT2D eigenvalue weighted by molar-refractivity contribution is 5.99. The van der Waals surface area contributed by atoms with E-state index in [9.17, 15) is 14.9 Å². The van der Waals surface area contributed by atoms with Crippen LogP contribution in [0.25, 0.3) is 11.3 Å². The van der Waals surface area contributed by atoms with Crippen LogP contribution in [0.3, 0.4) is 0 Å². The monoisotopic (exact) mass is 367 g/mol. The van der Waals surface area contributed by atoms with Crippen molar-refractivity contribution in [3.05, 3.63) is 46.1 Å². The van der Waals surface area contributed by atoms with Crippen LogP contribution in [-0.2, 0) is 7.05 Å². The van der Waals surface area contributed by atoms with Gasteiger partial charge in [0.1, 0.15) is 5.69 Å². The fraction of sp³-hybridized carbons (Fsp3) is 0.375. The van der Waals surface area contributed by atoms with Gasteiger partial charge in [-0.3, -0.25) is 19.6 Å². The summed E-state index contributed by atoms with van der Waals surface area (Å²) < 4.78 is 1.56. The van der Waals surface area contributed by atoms with Gasteiger partial charge >= 0.3 is 0 Å². The third-order valence-corrected chi connectivity index (χ3v) is 3.44. The van der Waals surface area contributed by atoms with Crippen molar-refractivity contribution in [1.29, 1.82) is 0 Å². The molecule has 0 fully saturated rings. The molecule has 1 amide bonds. The van der Waals surface area contributed by atoms with Gasteiger partial charge in [0.2, 0.25) is 0 Å². The number of amides is 1. The average molecular weight is 368 g/mol. The van der Waals surface area contributed by atoms with Gasteiger partial charge in [-0.25, -0.2) is 0 Å². The van der Waals surface area contributed by atoms with Crippen molar-refractivity contribution in [3.63, 3.8) is 0 Å². The number of aryl methyl sites for hydroxylation is 1. The molecule has 0 radical (unpaired) electrons. The summed E-state index contributed by atoms with van der Waals surface area (Å²) in [6.45, 7) is 4.22. The third kappa shape index (κ3) is 5.54. The Hall–Kier alpha value is -2.45. The van der Waals surface area contributed by atoms with Crippen molar-refractivity contribution < 1.29 is 9.72 Å². The molecule has 2 rings (SSSR count). The van der Waals surface area contributed by atoms with Crippen molar-refractivity contribution in [1.82, 2.24) is 20.4 Å². The molecule has 1 heterocycles. The topological polar surface area (TPSA) is 102 Å². The fourth-order valence-corrected chi connectivity index (χ4v) is 2.27. The Morgan fingerprint density at radius 2 is 1.92 bits per heavy atom. The second kappa shape index (κ2) is 9.75. The number of hydrogen-bond acceptors (Lipinski definition) is 5. The summed E-state index contributed by atoms with van der Waals surface area (Å²) >= 11 is 0. The average Bonchev–Trinajstić information content (AvgIpc) is 2.96. The molecule has 0 aliphatic heterocycles. The second-order valence-corrected chi connectivity index (χ2v) is 5.37. The molecule has 2 aromatic rings. The third-order valence-electron chi connectivity index (χ3n) is 3.44. The van der Waals surface area contributed by atoms with Crippen LogP contribution in [0.2, 0.25) is 0 Å². The quantitative estimate of drug-likeness (QED) is 0.423. The van der Waals surface area contributed by atoms with Crippen molar-refractivity contribution in [2.75, 3.05) is 19.6 Å². The normalized spacial score (nSPS) is 10.2. The first kappa shape index (κ1) is 20.6. The number of nitrogens with one attached hydrogen (secondary N) is 2. The van der Waals surface area contributed by atoms with Gasteiger partial charge in [0.15, 0.2) is 0 Å². The molecule has 0 atom stereocenters. The number of nitro benzene ring substituents is 1. The largest absolute Gasteiger partial charge is 0.351 e. The van der Waals surface area contributed by atoms with E-state index in [2.05, 4.69) is 22.7 Å². The number of halogens is 1. The maximum absolute atomic E-state index is 12.4. The molecule has 0 aliphatic carbocycles. The number of rotatable bonds is 8. The summed E-state index contributed by atoms with van der Waals surface area (Å²) in [4.78, 5) is 22.6. The van der Waals surface area contributed by atoms with Crippen LogP contribution < -0.4 is 10.6 Å². The Morgan fingerprint density at radius 1 is 1.24 bits per heavy atom. The Balaban J connectivity index is 0.00000312. The Labute approximate surface area is 152 Å². The maximum atomic E-state index is 12.4. The Kier molecular flexibility index (Phi) is 8.03. The van der Waals surface area contributed by atoms with Crippen LogP contribution in [0.5, 0.6) is 0 Å². The molecule has 136 valence electrons. The maximum Gasteiger partial charge on any atom is 0.269 e. The number of carbonyl (C=O) groups is 1. The van der Waals surface area contributed by atoms with E-state index >= 15 is 0 Å². The highest BCUT2D eigenvalue weighted by atomic mass is 35.5. The number of non-ortho nitro benzene ring substituents is 1. The van der Waals surface area contributed by atoms with Gasteiger partial charge in [-0.05, 0) is 25.1 Å². The van der Waals surface area contributed by atoms with Crippen molar-refractivity contribution in [2.24, 2.45) is 7.05 Å². The fourth-order valence-electron chi connectivity index (χ4n) is 2.27. The first-order valence-corrected chi connectivity index (χ1v) is 7.80. The number of benzene rings is 1. The minimum Gasteiger partial charge on any atom is -0.351 e. The second-order valence-electron chi connectivity index (χ2n) is 5.37. The molecule has 9 heteroatoms. The zero-order valence-electron chi connectivity index (χ0n) is 14.2. The number of nitrogens with zero attached hydrogens (tertiary/aromatic N) is 3. The molecule has 1 aromatic carbocycles. The molecule has 2 N–H and O–H groups in total. The molecule has 0 saturated heterocycles. The number of aromatic nitrogens is 2. The van der Waals surface area contributed by atoms with Gasteiger partial charge in [0.05, 0.1) is 10.5 Å². The summed E-state index contributed by atoms with van der Waals surface area (Å²) in [6, 6.07) is 6.00. The van der Waals surface area contributed by atoms with Crippen LogP contribution >= 0.6 is 12.4 Å². The molecule has 0 saturated carbocycles. The molecule has 0 unspecified atom stereocenters. The highest BCUT2D eigenvalue weighted by Gasteiger charge is 2.17. The summed E-state index contributed by atoms with van der Waals surface area (Å²) in [5.41, 5.74) is 1.62. The van der Waals surface area contributed by atoms with E-state index in [0.717, 1.165) is 13.0 Å². The van der Waals surface area contributed by atoms with Gasteiger partial charge in [-0.2, -0.15) is 5.10 Å². The number of nitro groups is 1. The number of carbonyl (C=O) groups excluding carboxylic acids is 1. The van der Waals surface area contributed by atoms with E-state index in [-0.39, 0.29) is 24.0 Å². The Morgan fingerprint density at radius 3 is 2.52 bits per heavy atom. The zero-order valence-corrected chi connectivity index (χ0v) is 15.0. The van der Waals surface area contributed by atoms with E-state index in [4.69, 9.17) is 0 Å². The smallest absolute Gasteiger partial charge is 0.269 e. The molecular formula is C16H22ClN5O3. The number of hydrogen-bond donors (Lipinski definition) is 2. The summed E-state index contributed by atoms with van der Waals surface area (Å²) in [6.07, 6.45) is 2.69. The molecule has 0 bridgehead atoms. The van der Waals surface area contributed by atoms with Gasteiger partial charge in [0.25, 0.3) is 11.6 Å². The SMILES string of the molecule is CCCNCCNC(=O)c1cn(C)nc1-c1ccc([N+](=O)[O-])cc1.Cl. The zero-order chi connectivity index (χ0) is 17.5. The minimum atomic E-state index is -0.459. The van der Waals surface area contributed by atoms with E-state index in [1.807, 2.05) is 0 Å². The molecule has 0 aliphatic rings. The lowest BCUT2D eigenvalue weighted by Crippen LogP contribution is -2.32. The summed E-state index contributed by atoms with van der Waals surface area (Å²) in [7, 11) is 1.73. The first-order chi connectivity index (χ1) is 11.5. The first-order valence-electron chi connectivity index (χ1n) is 7.80. The highest BCUT2D eigenvalue weighted by Crippen LogP contribution is 2.24. The van der Waals surface area contributed by atoms with Crippen LogP contribution in [0.15, 0.2) is 30.5 Å². The molecule has 0 spiro atoms.